The van der Waals surface area contributed by atoms with Crippen molar-refractivity contribution >= 4 is 17.9 Å². The standard InChI is InChI=1S/C21H22N2O4/c1-13-8-10-16(11-9-13)21(4)19(25)23(20(26)22-21)12-17(24)27-18-14(2)6-5-7-15(18)3/h5-11H,12H2,1-4H3,(H,22,26)/t21-/m0/s1. The molecule has 2 aromatic carbocycles. The molecule has 0 saturated carbocycles. The molecule has 6 heteroatoms. The summed E-state index contributed by atoms with van der Waals surface area (Å²) in [5.74, 6) is -0.685. The average molecular weight is 366 g/mol. The van der Waals surface area contributed by atoms with Crippen molar-refractivity contribution in [3.8, 4) is 5.75 Å². The highest BCUT2D eigenvalue weighted by atomic mass is 16.5. The predicted molar refractivity (Wildman–Crippen MR) is 100 cm³/mol. The van der Waals surface area contributed by atoms with E-state index in [1.54, 1.807) is 19.1 Å². The third-order valence-electron chi connectivity index (χ3n) is 4.82. The minimum absolute atomic E-state index is 0.445. The second kappa shape index (κ2) is 6.87. The Labute approximate surface area is 158 Å². The van der Waals surface area contributed by atoms with Gasteiger partial charge < -0.3 is 10.1 Å². The van der Waals surface area contributed by atoms with Gasteiger partial charge in [0.25, 0.3) is 5.91 Å². The van der Waals surface area contributed by atoms with Crippen LogP contribution >= 0.6 is 0 Å². The molecule has 0 radical (unpaired) electrons. The number of amides is 3. The van der Waals surface area contributed by atoms with Crippen LogP contribution in [0.25, 0.3) is 0 Å². The van der Waals surface area contributed by atoms with E-state index < -0.39 is 30.0 Å². The monoisotopic (exact) mass is 366 g/mol. The zero-order valence-electron chi connectivity index (χ0n) is 15.8. The molecule has 3 amide bonds. The van der Waals surface area contributed by atoms with Crippen LogP contribution in [0.15, 0.2) is 42.5 Å². The topological polar surface area (TPSA) is 75.7 Å². The maximum atomic E-state index is 12.9. The van der Waals surface area contributed by atoms with Gasteiger partial charge in [-0.15, -0.1) is 0 Å². The number of nitrogens with one attached hydrogen (secondary N) is 1. The summed E-state index contributed by atoms with van der Waals surface area (Å²) in [6.07, 6.45) is 0. The van der Waals surface area contributed by atoms with Gasteiger partial charge in [0.1, 0.15) is 17.8 Å². The van der Waals surface area contributed by atoms with Gasteiger partial charge in [0.2, 0.25) is 0 Å². The molecule has 1 aliphatic heterocycles. The largest absolute Gasteiger partial charge is 0.425 e. The number of esters is 1. The van der Waals surface area contributed by atoms with Crippen molar-refractivity contribution in [2.24, 2.45) is 0 Å². The van der Waals surface area contributed by atoms with Crippen LogP contribution in [0.1, 0.15) is 29.2 Å². The Hall–Kier alpha value is -3.15. The number of carbonyl (C=O) groups excluding carboxylic acids is 3. The quantitative estimate of drug-likeness (QED) is 0.513. The summed E-state index contributed by atoms with van der Waals surface area (Å²) in [6, 6.07) is 12.3. The number of hydrogen-bond donors (Lipinski definition) is 1. The molecule has 0 bridgehead atoms. The van der Waals surface area contributed by atoms with E-state index in [9.17, 15) is 14.4 Å². The van der Waals surface area contributed by atoms with Gasteiger partial charge in [-0.3, -0.25) is 9.69 Å². The van der Waals surface area contributed by atoms with E-state index in [1.807, 2.05) is 51.1 Å². The van der Waals surface area contributed by atoms with Crippen molar-refractivity contribution < 1.29 is 19.1 Å². The van der Waals surface area contributed by atoms with Gasteiger partial charge in [-0.05, 0) is 44.4 Å². The fourth-order valence-electron chi connectivity index (χ4n) is 3.16. The number of hydrogen-bond acceptors (Lipinski definition) is 4. The van der Waals surface area contributed by atoms with Gasteiger partial charge in [0.05, 0.1) is 0 Å². The smallest absolute Gasteiger partial charge is 0.331 e. The molecule has 0 unspecified atom stereocenters. The second-order valence-electron chi connectivity index (χ2n) is 7.01. The Balaban J connectivity index is 1.77. The first-order chi connectivity index (χ1) is 12.7. The normalized spacial score (nSPS) is 19.2. The molecule has 27 heavy (non-hydrogen) atoms. The number of benzene rings is 2. The van der Waals surface area contributed by atoms with E-state index >= 15 is 0 Å². The third kappa shape index (κ3) is 3.43. The van der Waals surface area contributed by atoms with Crippen LogP contribution in [0.5, 0.6) is 5.75 Å². The molecular weight excluding hydrogens is 344 g/mol. The maximum Gasteiger partial charge on any atom is 0.331 e. The Bertz CT molecular complexity index is 900. The lowest BCUT2D eigenvalue weighted by molar-refractivity contribution is -0.141. The molecule has 1 fully saturated rings. The predicted octanol–water partition coefficient (Wildman–Crippen LogP) is 2.98. The van der Waals surface area contributed by atoms with E-state index in [0.717, 1.165) is 21.6 Å². The van der Waals surface area contributed by atoms with Crippen molar-refractivity contribution in [2.75, 3.05) is 6.54 Å². The van der Waals surface area contributed by atoms with Crippen LogP contribution in [0.3, 0.4) is 0 Å². The summed E-state index contributed by atoms with van der Waals surface area (Å²) >= 11 is 0. The molecule has 1 saturated heterocycles. The highest BCUT2D eigenvalue weighted by Crippen LogP contribution is 2.29. The summed E-state index contributed by atoms with van der Waals surface area (Å²) in [4.78, 5) is 38.5. The SMILES string of the molecule is Cc1ccc([C@]2(C)NC(=O)N(CC(=O)Oc3c(C)cccc3C)C2=O)cc1. The molecule has 0 aliphatic carbocycles. The molecule has 1 heterocycles. The Kier molecular flexibility index (Phi) is 4.74. The maximum absolute atomic E-state index is 12.9. The zero-order valence-corrected chi connectivity index (χ0v) is 15.8. The lowest BCUT2D eigenvalue weighted by atomic mass is 9.91. The number of para-hydroxylation sites is 1. The minimum Gasteiger partial charge on any atom is -0.425 e. The fourth-order valence-corrected chi connectivity index (χ4v) is 3.16. The number of carbonyl (C=O) groups is 3. The van der Waals surface area contributed by atoms with E-state index in [4.69, 9.17) is 4.74 Å². The van der Waals surface area contributed by atoms with Crippen LogP contribution in [-0.4, -0.2) is 29.4 Å². The number of aryl methyl sites for hydroxylation is 3. The highest BCUT2D eigenvalue weighted by Gasteiger charge is 2.49. The van der Waals surface area contributed by atoms with Gasteiger partial charge in [0.15, 0.2) is 0 Å². The molecule has 1 aliphatic rings. The number of rotatable bonds is 4. The third-order valence-corrected chi connectivity index (χ3v) is 4.82. The number of nitrogens with zero attached hydrogens (tertiary/aromatic N) is 1. The van der Waals surface area contributed by atoms with Crippen LogP contribution in [-0.2, 0) is 15.1 Å². The average Bonchev–Trinajstić information content (AvgIpc) is 2.83. The van der Waals surface area contributed by atoms with Crippen LogP contribution in [0.2, 0.25) is 0 Å². The van der Waals surface area contributed by atoms with E-state index in [1.165, 1.54) is 0 Å². The van der Waals surface area contributed by atoms with Crippen LogP contribution in [0, 0.1) is 20.8 Å². The molecule has 140 valence electrons. The van der Waals surface area contributed by atoms with Crippen molar-refractivity contribution in [3.63, 3.8) is 0 Å². The van der Waals surface area contributed by atoms with E-state index in [0.29, 0.717) is 11.3 Å². The zero-order chi connectivity index (χ0) is 19.8. The Morgan fingerprint density at radius 1 is 1.04 bits per heavy atom. The summed E-state index contributed by atoms with van der Waals surface area (Å²) in [5, 5.41) is 2.69. The molecule has 3 rings (SSSR count). The molecule has 0 spiro atoms. The molecule has 2 aromatic rings. The molecule has 0 aromatic heterocycles. The Morgan fingerprint density at radius 3 is 2.22 bits per heavy atom. The molecular formula is C21H22N2O4. The summed E-state index contributed by atoms with van der Waals surface area (Å²) in [7, 11) is 0. The summed E-state index contributed by atoms with van der Waals surface area (Å²) in [5.41, 5.74) is 2.13. The minimum atomic E-state index is -1.20. The van der Waals surface area contributed by atoms with Crippen LogP contribution in [0.4, 0.5) is 4.79 Å². The van der Waals surface area contributed by atoms with E-state index in [-0.39, 0.29) is 0 Å². The molecule has 1 atom stereocenters. The molecule has 1 N–H and O–H groups in total. The second-order valence-corrected chi connectivity index (χ2v) is 7.01. The Morgan fingerprint density at radius 2 is 1.63 bits per heavy atom. The number of urea groups is 1. The first-order valence-electron chi connectivity index (χ1n) is 8.70. The van der Waals surface area contributed by atoms with Gasteiger partial charge in [-0.25, -0.2) is 9.59 Å². The van der Waals surface area contributed by atoms with Gasteiger partial charge >= 0.3 is 12.0 Å². The lowest BCUT2D eigenvalue weighted by Gasteiger charge is -2.22. The van der Waals surface area contributed by atoms with Gasteiger partial charge in [-0.2, -0.15) is 0 Å². The lowest BCUT2D eigenvalue weighted by Crippen LogP contribution is -2.42. The van der Waals surface area contributed by atoms with Crippen molar-refractivity contribution in [2.45, 2.75) is 33.2 Å². The van der Waals surface area contributed by atoms with Crippen molar-refractivity contribution in [1.29, 1.82) is 0 Å². The number of imide groups is 1. The first kappa shape index (κ1) is 18.6. The van der Waals surface area contributed by atoms with Gasteiger partial charge in [0, 0.05) is 0 Å². The van der Waals surface area contributed by atoms with Gasteiger partial charge in [-0.1, -0.05) is 48.0 Å². The summed E-state index contributed by atoms with van der Waals surface area (Å²) in [6.45, 7) is 6.79. The molecule has 6 nitrogen and oxygen atoms in total. The van der Waals surface area contributed by atoms with Crippen molar-refractivity contribution in [3.05, 3.63) is 64.7 Å². The van der Waals surface area contributed by atoms with E-state index in [2.05, 4.69) is 5.32 Å². The first-order valence-corrected chi connectivity index (χ1v) is 8.70. The summed E-state index contributed by atoms with van der Waals surface area (Å²) < 4.78 is 5.41. The van der Waals surface area contributed by atoms with Crippen LogP contribution < -0.4 is 10.1 Å². The fraction of sp³-hybridized carbons (Fsp3) is 0.286. The van der Waals surface area contributed by atoms with Crippen molar-refractivity contribution in [1.82, 2.24) is 10.2 Å². The highest BCUT2D eigenvalue weighted by molar-refractivity contribution is 6.08. The number of ether oxygens (including phenoxy) is 1.